The highest BCUT2D eigenvalue weighted by Crippen LogP contribution is 2.29. The van der Waals surface area contributed by atoms with Gasteiger partial charge in [0.1, 0.15) is 0 Å². The molecule has 1 aromatic carbocycles. The molecule has 0 atom stereocenters. The summed E-state index contributed by atoms with van der Waals surface area (Å²) in [6.45, 7) is 6.51. The summed E-state index contributed by atoms with van der Waals surface area (Å²) in [5, 5.41) is 0. The van der Waals surface area contributed by atoms with E-state index in [0.717, 1.165) is 45.3 Å². The van der Waals surface area contributed by atoms with Crippen LogP contribution in [0.15, 0.2) is 35.3 Å². The van der Waals surface area contributed by atoms with E-state index in [4.69, 9.17) is 4.99 Å². The lowest BCUT2D eigenvalue weighted by Gasteiger charge is -2.39. The predicted molar refractivity (Wildman–Crippen MR) is 82.3 cm³/mol. The first-order valence-corrected chi connectivity index (χ1v) is 7.78. The summed E-state index contributed by atoms with van der Waals surface area (Å²) in [6.07, 6.45) is 2.73. The maximum atomic E-state index is 4.75. The van der Waals surface area contributed by atoms with Gasteiger partial charge in [-0.1, -0.05) is 18.2 Å². The number of anilines is 1. The third-order valence-electron chi connectivity index (χ3n) is 4.52. The molecule has 20 heavy (non-hydrogen) atoms. The molecular weight excluding hydrogens is 248 g/mol. The lowest BCUT2D eigenvalue weighted by atomic mass is 10.2. The fourth-order valence-corrected chi connectivity index (χ4v) is 3.27. The molecule has 1 aromatic rings. The molecule has 4 nitrogen and oxygen atoms in total. The summed E-state index contributed by atoms with van der Waals surface area (Å²) in [5.74, 6) is 1.28. The van der Waals surface area contributed by atoms with Gasteiger partial charge >= 0.3 is 0 Å². The van der Waals surface area contributed by atoms with Gasteiger partial charge in [0.05, 0.1) is 6.54 Å². The minimum Gasteiger partial charge on any atom is -0.368 e. The fourth-order valence-electron chi connectivity index (χ4n) is 3.27. The summed E-state index contributed by atoms with van der Waals surface area (Å²) in [5.41, 5.74) is 1.35. The molecule has 0 spiro atoms. The molecule has 2 fully saturated rings. The molecule has 1 saturated carbocycles. The molecular formula is C16H22N4. The van der Waals surface area contributed by atoms with Crippen molar-refractivity contribution in [3.8, 4) is 0 Å². The summed E-state index contributed by atoms with van der Waals surface area (Å²) >= 11 is 0. The first kappa shape index (κ1) is 12.1. The highest BCUT2D eigenvalue weighted by Gasteiger charge is 2.36. The van der Waals surface area contributed by atoms with Crippen LogP contribution in [0.4, 0.5) is 5.69 Å². The van der Waals surface area contributed by atoms with E-state index in [1.165, 1.54) is 24.5 Å². The summed E-state index contributed by atoms with van der Waals surface area (Å²) < 4.78 is 0. The van der Waals surface area contributed by atoms with Gasteiger partial charge in [0.2, 0.25) is 0 Å². The topological polar surface area (TPSA) is 22.1 Å². The number of hydrogen-bond acceptors (Lipinski definition) is 4. The van der Waals surface area contributed by atoms with Crippen molar-refractivity contribution in [3.05, 3.63) is 30.3 Å². The average Bonchev–Trinajstić information content (AvgIpc) is 3.25. The van der Waals surface area contributed by atoms with E-state index in [-0.39, 0.29) is 0 Å². The van der Waals surface area contributed by atoms with Crippen LogP contribution in [0.1, 0.15) is 12.8 Å². The van der Waals surface area contributed by atoms with Crippen molar-refractivity contribution in [2.75, 3.05) is 44.2 Å². The zero-order valence-electron chi connectivity index (χ0n) is 11.9. The summed E-state index contributed by atoms with van der Waals surface area (Å²) in [4.78, 5) is 12.3. The van der Waals surface area contributed by atoms with Gasteiger partial charge in [0.25, 0.3) is 0 Å². The second-order valence-electron chi connectivity index (χ2n) is 5.92. The van der Waals surface area contributed by atoms with Gasteiger partial charge in [0.15, 0.2) is 5.96 Å². The minimum absolute atomic E-state index is 0.795. The second-order valence-corrected chi connectivity index (χ2v) is 5.92. The number of hydrogen-bond donors (Lipinski definition) is 0. The van der Waals surface area contributed by atoms with E-state index in [2.05, 4.69) is 45.0 Å². The number of rotatable bonds is 2. The molecule has 4 heteroatoms. The number of aliphatic imine (C=N–C) groups is 1. The molecule has 2 heterocycles. The molecule has 2 aliphatic heterocycles. The van der Waals surface area contributed by atoms with E-state index in [0.29, 0.717) is 0 Å². The molecule has 4 rings (SSSR count). The molecule has 0 bridgehead atoms. The Balaban J connectivity index is 1.40. The Labute approximate surface area is 120 Å². The van der Waals surface area contributed by atoms with Crippen molar-refractivity contribution in [1.29, 1.82) is 0 Å². The van der Waals surface area contributed by atoms with E-state index < -0.39 is 0 Å². The lowest BCUT2D eigenvalue weighted by molar-refractivity contribution is 0.318. The molecule has 106 valence electrons. The Bertz CT molecular complexity index is 486. The Kier molecular flexibility index (Phi) is 3.02. The van der Waals surface area contributed by atoms with Crippen LogP contribution >= 0.6 is 0 Å². The van der Waals surface area contributed by atoms with Gasteiger partial charge in [-0.15, -0.1) is 0 Å². The van der Waals surface area contributed by atoms with Gasteiger partial charge in [0, 0.05) is 44.5 Å². The van der Waals surface area contributed by atoms with Gasteiger partial charge in [-0.2, -0.15) is 0 Å². The smallest absolute Gasteiger partial charge is 0.197 e. The number of para-hydroxylation sites is 1. The van der Waals surface area contributed by atoms with Crippen molar-refractivity contribution >= 4 is 11.6 Å². The maximum absolute atomic E-state index is 4.75. The molecule has 3 aliphatic rings. The fraction of sp³-hybridized carbons (Fsp3) is 0.562. The zero-order chi connectivity index (χ0) is 13.4. The van der Waals surface area contributed by atoms with Crippen molar-refractivity contribution in [2.24, 2.45) is 4.99 Å². The van der Waals surface area contributed by atoms with E-state index in [1.54, 1.807) is 0 Å². The van der Waals surface area contributed by atoms with Crippen LogP contribution in [0.5, 0.6) is 0 Å². The van der Waals surface area contributed by atoms with Gasteiger partial charge < -0.3 is 14.7 Å². The minimum atomic E-state index is 0.795. The maximum Gasteiger partial charge on any atom is 0.197 e. The molecule has 0 radical (unpaired) electrons. The van der Waals surface area contributed by atoms with E-state index >= 15 is 0 Å². The van der Waals surface area contributed by atoms with Crippen molar-refractivity contribution < 1.29 is 0 Å². The summed E-state index contributed by atoms with van der Waals surface area (Å²) in [6, 6.07) is 11.5. The van der Waals surface area contributed by atoms with Crippen LogP contribution in [-0.2, 0) is 0 Å². The number of nitrogens with zero attached hydrogens (tertiary/aromatic N) is 4. The van der Waals surface area contributed by atoms with Crippen LogP contribution in [0.3, 0.4) is 0 Å². The number of piperazine rings is 1. The van der Waals surface area contributed by atoms with Crippen molar-refractivity contribution in [3.63, 3.8) is 0 Å². The van der Waals surface area contributed by atoms with Crippen molar-refractivity contribution in [1.82, 2.24) is 9.80 Å². The van der Waals surface area contributed by atoms with Gasteiger partial charge in [-0.25, -0.2) is 0 Å². The Morgan fingerprint density at radius 1 is 0.850 bits per heavy atom. The SMILES string of the molecule is c1ccc(N2CCN(C3=NCCN3C3CC3)CC2)cc1. The zero-order valence-corrected chi connectivity index (χ0v) is 11.9. The largest absolute Gasteiger partial charge is 0.368 e. The first-order valence-electron chi connectivity index (χ1n) is 7.78. The van der Waals surface area contributed by atoms with E-state index in [9.17, 15) is 0 Å². The Hall–Kier alpha value is -1.71. The molecule has 0 unspecified atom stereocenters. The molecule has 1 aliphatic carbocycles. The number of benzene rings is 1. The van der Waals surface area contributed by atoms with Gasteiger partial charge in [-0.3, -0.25) is 4.99 Å². The molecule has 0 aromatic heterocycles. The monoisotopic (exact) mass is 270 g/mol. The highest BCUT2D eigenvalue weighted by atomic mass is 15.4. The third-order valence-corrected chi connectivity index (χ3v) is 4.52. The average molecular weight is 270 g/mol. The van der Waals surface area contributed by atoms with Crippen molar-refractivity contribution in [2.45, 2.75) is 18.9 Å². The van der Waals surface area contributed by atoms with Gasteiger partial charge in [-0.05, 0) is 25.0 Å². The summed E-state index contributed by atoms with van der Waals surface area (Å²) in [7, 11) is 0. The first-order chi connectivity index (χ1) is 9.92. The van der Waals surface area contributed by atoms with Crippen LogP contribution in [-0.4, -0.2) is 61.1 Å². The molecule has 0 N–H and O–H groups in total. The van der Waals surface area contributed by atoms with Crippen LogP contribution < -0.4 is 4.90 Å². The Morgan fingerprint density at radius 2 is 1.55 bits per heavy atom. The lowest BCUT2D eigenvalue weighted by Crippen LogP contribution is -2.52. The van der Waals surface area contributed by atoms with Crippen LogP contribution in [0.2, 0.25) is 0 Å². The Morgan fingerprint density at radius 3 is 2.25 bits per heavy atom. The van der Waals surface area contributed by atoms with Crippen LogP contribution in [0, 0.1) is 0 Å². The predicted octanol–water partition coefficient (Wildman–Crippen LogP) is 1.64. The highest BCUT2D eigenvalue weighted by molar-refractivity contribution is 5.82. The molecule has 1 saturated heterocycles. The molecule has 0 amide bonds. The number of guanidine groups is 1. The third kappa shape index (κ3) is 2.23. The quantitative estimate of drug-likeness (QED) is 0.816. The second kappa shape index (κ2) is 5.00. The standard InChI is InChI=1S/C16H22N4/c1-2-4-14(5-3-1)18-10-12-19(13-11-18)16-17-8-9-20(16)15-6-7-15/h1-5,15H,6-13H2. The van der Waals surface area contributed by atoms with Crippen LogP contribution in [0.25, 0.3) is 0 Å². The normalized spacial score (nSPS) is 23.2. The van der Waals surface area contributed by atoms with E-state index in [1.807, 2.05) is 0 Å².